The highest BCUT2D eigenvalue weighted by atomic mass is 35.5. The molecule has 9 rings (SSSR count). The number of ether oxygens (including phenoxy) is 11. The Labute approximate surface area is 501 Å². The van der Waals surface area contributed by atoms with Crippen LogP contribution < -0.4 is 0 Å². The van der Waals surface area contributed by atoms with Crippen molar-refractivity contribution < 1.29 is 52.1 Å². The third-order valence-corrected chi connectivity index (χ3v) is 15.2. The lowest BCUT2D eigenvalue weighted by atomic mass is 9.96. The molecule has 422 valence electrons. The maximum Gasteiger partial charge on any atom is 0.187 e. The van der Waals surface area contributed by atoms with Crippen molar-refractivity contribution in [2.75, 3.05) is 20.3 Å². The normalized spacial score (nSPS) is 23.1. The first kappa shape index (κ1) is 60.7. The fraction of sp³-hybridized carbons (Fsp3) is 0.323. The molecule has 0 spiro atoms. The van der Waals surface area contributed by atoms with Crippen molar-refractivity contribution in [3.63, 3.8) is 0 Å². The molecule has 0 aliphatic carbocycles. The van der Waals surface area contributed by atoms with E-state index >= 15 is 0 Å². The first-order valence-electron chi connectivity index (χ1n) is 25.9. The minimum absolute atomic E-state index is 0.0598. The van der Waals surface area contributed by atoms with Gasteiger partial charge in [0.2, 0.25) is 0 Å². The molecule has 7 aromatic rings. The second kappa shape index (κ2) is 30.6. The predicted molar refractivity (Wildman–Crippen MR) is 312 cm³/mol. The van der Waals surface area contributed by atoms with Crippen molar-refractivity contribution in [3.05, 3.63) is 244 Å². The van der Waals surface area contributed by atoms with Crippen molar-refractivity contribution in [1.29, 1.82) is 0 Å². The van der Waals surface area contributed by atoms with E-state index in [2.05, 4.69) is 0 Å². The van der Waals surface area contributed by atoms with E-state index in [0.717, 1.165) is 38.9 Å². The number of halogens is 7. The van der Waals surface area contributed by atoms with Crippen molar-refractivity contribution >= 4 is 81.2 Å². The Bertz CT molecular complexity index is 2940. The summed E-state index contributed by atoms with van der Waals surface area (Å²) in [5.74, 6) is 0. The van der Waals surface area contributed by atoms with Gasteiger partial charge in [0.25, 0.3) is 0 Å². The second-order valence-corrected chi connectivity index (χ2v) is 22.3. The summed E-state index contributed by atoms with van der Waals surface area (Å²) >= 11 is 44.2. The standard InChI is InChI=1S/C62H59Cl7O11/c1-70-61-59(76-35-44-12-26-51(68)27-13-44)57(74-33-42-8-22-49(66)23-9-42)56(73-32-41-6-20-48(65)21-7-41)54(79-61)38-78-62-60(77-36-45-14-28-52(69)29-15-45)58(75-34-43-10-24-50(67)25-11-43)55(72-31-40-4-18-47(64)19-5-40)53(80-62)37-71-30-39-2-16-46(63)17-3-39/h2-29,53-62H,30-38H2,1H3/t53-,54-,55-,56-,57+,58+,59-,60-,61+,62-/m1/s1. The van der Waals surface area contributed by atoms with Gasteiger partial charge in [0.05, 0.1) is 59.5 Å². The molecule has 2 aliphatic heterocycles. The molecule has 10 atom stereocenters. The van der Waals surface area contributed by atoms with Crippen LogP contribution in [0.1, 0.15) is 38.9 Å². The molecule has 2 aliphatic rings. The van der Waals surface area contributed by atoms with Crippen LogP contribution in [0, 0.1) is 0 Å². The molecule has 0 amide bonds. The lowest BCUT2D eigenvalue weighted by Crippen LogP contribution is -2.64. The van der Waals surface area contributed by atoms with E-state index < -0.39 is 61.4 Å². The number of methoxy groups -OCH3 is 1. The highest BCUT2D eigenvalue weighted by molar-refractivity contribution is 6.32. The van der Waals surface area contributed by atoms with Crippen LogP contribution in [0.5, 0.6) is 0 Å². The Kier molecular flexibility index (Phi) is 23.2. The largest absolute Gasteiger partial charge is 0.374 e. The van der Waals surface area contributed by atoms with Gasteiger partial charge < -0.3 is 52.1 Å². The molecule has 0 bridgehead atoms. The van der Waals surface area contributed by atoms with Gasteiger partial charge in [0.15, 0.2) is 12.6 Å². The summed E-state index contributed by atoms with van der Waals surface area (Å²) in [7, 11) is 1.55. The van der Waals surface area contributed by atoms with E-state index in [4.69, 9.17) is 133 Å². The van der Waals surface area contributed by atoms with Crippen LogP contribution in [0.2, 0.25) is 35.2 Å². The van der Waals surface area contributed by atoms with Crippen LogP contribution in [0.3, 0.4) is 0 Å². The minimum atomic E-state index is -1.13. The molecular formula is C62H59Cl7O11. The number of rotatable bonds is 26. The van der Waals surface area contributed by atoms with Gasteiger partial charge in [0.1, 0.15) is 48.8 Å². The molecule has 2 saturated heterocycles. The average molecular weight is 1230 g/mol. The average Bonchev–Trinajstić information content (AvgIpc) is 3.48. The van der Waals surface area contributed by atoms with Crippen LogP contribution in [-0.2, 0) is 98.4 Å². The molecule has 2 fully saturated rings. The van der Waals surface area contributed by atoms with E-state index in [1.807, 2.05) is 158 Å². The summed E-state index contributed by atoms with van der Waals surface area (Å²) in [5.41, 5.74) is 6.09. The minimum Gasteiger partial charge on any atom is -0.374 e. The quantitative estimate of drug-likeness (QED) is 0.0518. The fourth-order valence-electron chi connectivity index (χ4n) is 9.19. The molecule has 18 heteroatoms. The summed E-state index contributed by atoms with van der Waals surface area (Å²) < 4.78 is 75.1. The predicted octanol–water partition coefficient (Wildman–Crippen LogP) is 15.4. The summed E-state index contributed by atoms with van der Waals surface area (Å²) in [5, 5.41) is 4.17. The number of hydrogen-bond acceptors (Lipinski definition) is 11. The topological polar surface area (TPSA) is 102 Å². The van der Waals surface area contributed by atoms with E-state index in [0.29, 0.717) is 35.2 Å². The van der Waals surface area contributed by atoms with Gasteiger partial charge in [-0.3, -0.25) is 0 Å². The number of benzene rings is 7. The van der Waals surface area contributed by atoms with Gasteiger partial charge in [-0.1, -0.05) is 166 Å². The Morgan fingerprint density at radius 1 is 0.275 bits per heavy atom. The smallest absolute Gasteiger partial charge is 0.187 e. The highest BCUT2D eigenvalue weighted by Crippen LogP contribution is 2.36. The van der Waals surface area contributed by atoms with Gasteiger partial charge in [-0.15, -0.1) is 0 Å². The maximum absolute atomic E-state index is 7.09. The van der Waals surface area contributed by atoms with E-state index in [9.17, 15) is 0 Å². The van der Waals surface area contributed by atoms with E-state index in [1.54, 1.807) is 19.2 Å². The van der Waals surface area contributed by atoms with Crippen molar-refractivity contribution in [2.24, 2.45) is 0 Å². The van der Waals surface area contributed by atoms with Crippen LogP contribution >= 0.6 is 81.2 Å². The summed E-state index contributed by atoms with van der Waals surface area (Å²) in [6.07, 6.45) is -8.81. The first-order chi connectivity index (χ1) is 38.9. The SMILES string of the molecule is CO[C@H]1O[C@H](CO[C@@H]2O[C@H](COCc3ccc(Cl)cc3)[C@@H](OCc3ccc(Cl)cc3)[C@H](OCc3ccc(Cl)cc3)[C@H]2OCc2ccc(Cl)cc2)[C@@H](OCc2ccc(Cl)cc2)[C@H](OCc2ccc(Cl)cc2)[C@H]1OCc1ccc(Cl)cc1. The number of hydrogen-bond donors (Lipinski definition) is 0. The van der Waals surface area contributed by atoms with Gasteiger partial charge in [-0.05, 0) is 124 Å². The lowest BCUT2D eigenvalue weighted by molar-refractivity contribution is -0.351. The molecule has 0 N–H and O–H groups in total. The fourth-order valence-corrected chi connectivity index (χ4v) is 10.1. The van der Waals surface area contributed by atoms with Gasteiger partial charge in [0, 0.05) is 42.3 Å². The van der Waals surface area contributed by atoms with Crippen LogP contribution in [-0.4, -0.2) is 81.7 Å². The molecular weight excluding hydrogens is 1170 g/mol. The first-order valence-corrected chi connectivity index (χ1v) is 28.5. The highest BCUT2D eigenvalue weighted by Gasteiger charge is 2.52. The summed E-state index contributed by atoms with van der Waals surface area (Å²) in [4.78, 5) is 0. The molecule has 11 nitrogen and oxygen atoms in total. The summed E-state index contributed by atoms with van der Waals surface area (Å²) in [6.45, 7) is 1.13. The molecule has 0 unspecified atom stereocenters. The molecule has 0 saturated carbocycles. The molecule has 2 heterocycles. The maximum atomic E-state index is 7.09. The van der Waals surface area contributed by atoms with Crippen LogP contribution in [0.25, 0.3) is 0 Å². The van der Waals surface area contributed by atoms with Crippen molar-refractivity contribution in [1.82, 2.24) is 0 Å². The Morgan fingerprint density at radius 3 is 0.812 bits per heavy atom. The third-order valence-electron chi connectivity index (χ3n) is 13.4. The van der Waals surface area contributed by atoms with Gasteiger partial charge in [-0.25, -0.2) is 0 Å². The zero-order valence-corrected chi connectivity index (χ0v) is 48.7. The Balaban J connectivity index is 1.07. The lowest BCUT2D eigenvalue weighted by Gasteiger charge is -2.48. The van der Waals surface area contributed by atoms with Crippen LogP contribution in [0.15, 0.2) is 170 Å². The zero-order valence-electron chi connectivity index (χ0n) is 43.4. The zero-order chi connectivity index (χ0) is 55.8. The molecule has 80 heavy (non-hydrogen) atoms. The van der Waals surface area contributed by atoms with Crippen molar-refractivity contribution in [2.45, 2.75) is 108 Å². The molecule has 7 aromatic carbocycles. The van der Waals surface area contributed by atoms with Gasteiger partial charge >= 0.3 is 0 Å². The van der Waals surface area contributed by atoms with Crippen LogP contribution in [0.4, 0.5) is 0 Å². The van der Waals surface area contributed by atoms with E-state index in [1.165, 1.54) is 0 Å². The Morgan fingerprint density at radius 2 is 0.512 bits per heavy atom. The van der Waals surface area contributed by atoms with Gasteiger partial charge in [-0.2, -0.15) is 0 Å². The second-order valence-electron chi connectivity index (χ2n) is 19.2. The molecule has 0 radical (unpaired) electrons. The molecule has 0 aromatic heterocycles. The summed E-state index contributed by atoms with van der Waals surface area (Å²) in [6, 6.07) is 52.0. The Hall–Kier alpha value is -3.87. The van der Waals surface area contributed by atoms with E-state index in [-0.39, 0.29) is 59.5 Å². The van der Waals surface area contributed by atoms with Crippen molar-refractivity contribution in [3.8, 4) is 0 Å². The monoisotopic (exact) mass is 1220 g/mol. The third kappa shape index (κ3) is 17.8.